The van der Waals surface area contributed by atoms with Gasteiger partial charge in [-0.05, 0) is 31.2 Å². The van der Waals surface area contributed by atoms with Gasteiger partial charge < -0.3 is 10.3 Å². The zero-order chi connectivity index (χ0) is 15.2. The Kier molecular flexibility index (Phi) is 5.22. The predicted molar refractivity (Wildman–Crippen MR) is 85.9 cm³/mol. The van der Waals surface area contributed by atoms with Gasteiger partial charge in [0.05, 0.1) is 0 Å². The molecule has 0 saturated heterocycles. The van der Waals surface area contributed by atoms with Crippen molar-refractivity contribution in [3.05, 3.63) is 64.1 Å². The maximum atomic E-state index is 12.0. The van der Waals surface area contributed by atoms with Crippen LogP contribution in [-0.4, -0.2) is 22.7 Å². The van der Waals surface area contributed by atoms with Crippen LogP contribution in [0.15, 0.2) is 52.2 Å². The summed E-state index contributed by atoms with van der Waals surface area (Å²) in [5, 5.41) is 3.02. The van der Waals surface area contributed by atoms with E-state index in [1.807, 2.05) is 37.3 Å². The molecule has 0 aliphatic rings. The number of thioether (sulfide) groups is 1. The number of carbonyl (C=O) groups excluding carboxylic acids is 1. The summed E-state index contributed by atoms with van der Waals surface area (Å²) in [7, 11) is 0. The Morgan fingerprint density at radius 3 is 2.62 bits per heavy atom. The Labute approximate surface area is 128 Å². The molecule has 0 spiro atoms. The van der Waals surface area contributed by atoms with Gasteiger partial charge in [0.2, 0.25) is 0 Å². The lowest BCUT2D eigenvalue weighted by Gasteiger charge is -2.12. The minimum absolute atomic E-state index is 0.150. The van der Waals surface area contributed by atoms with Crippen LogP contribution in [0.1, 0.15) is 23.0 Å². The smallest absolute Gasteiger partial charge is 0.260 e. The molecule has 0 aliphatic heterocycles. The fourth-order valence-electron chi connectivity index (χ4n) is 1.86. The third kappa shape index (κ3) is 4.49. The van der Waals surface area contributed by atoms with Crippen LogP contribution in [0.4, 0.5) is 0 Å². The lowest BCUT2D eigenvalue weighted by molar-refractivity contribution is 0.0952. The Morgan fingerprint density at radius 1 is 1.24 bits per heavy atom. The van der Waals surface area contributed by atoms with Gasteiger partial charge in [-0.2, -0.15) is 0 Å². The van der Waals surface area contributed by atoms with E-state index < -0.39 is 0 Å². The van der Waals surface area contributed by atoms with Crippen LogP contribution in [0.3, 0.4) is 0 Å². The molecule has 21 heavy (non-hydrogen) atoms. The molecule has 0 bridgehead atoms. The van der Waals surface area contributed by atoms with Crippen LogP contribution in [0, 0.1) is 6.92 Å². The molecule has 4 nitrogen and oxygen atoms in total. The fraction of sp³-hybridized carbons (Fsp3) is 0.250. The fourth-order valence-corrected chi connectivity index (χ4v) is 2.80. The number of nitrogens with one attached hydrogen (secondary N) is 2. The molecule has 2 rings (SSSR count). The van der Waals surface area contributed by atoms with Gasteiger partial charge in [0.1, 0.15) is 5.56 Å². The van der Waals surface area contributed by atoms with Crippen molar-refractivity contribution in [1.29, 1.82) is 0 Å². The van der Waals surface area contributed by atoms with E-state index in [-0.39, 0.29) is 22.3 Å². The highest BCUT2D eigenvalue weighted by atomic mass is 32.2. The number of aryl methyl sites for hydroxylation is 1. The topological polar surface area (TPSA) is 62.0 Å². The first-order chi connectivity index (χ1) is 10.1. The number of pyridine rings is 1. The van der Waals surface area contributed by atoms with Gasteiger partial charge in [0.15, 0.2) is 0 Å². The van der Waals surface area contributed by atoms with Crippen molar-refractivity contribution >= 4 is 17.7 Å². The third-order valence-corrected chi connectivity index (χ3v) is 4.04. The number of hydrogen-bond donors (Lipinski definition) is 2. The van der Waals surface area contributed by atoms with E-state index in [1.165, 1.54) is 0 Å². The van der Waals surface area contributed by atoms with E-state index in [0.29, 0.717) is 6.54 Å². The zero-order valence-electron chi connectivity index (χ0n) is 12.1. The molecule has 0 radical (unpaired) electrons. The van der Waals surface area contributed by atoms with Crippen molar-refractivity contribution in [3.63, 3.8) is 0 Å². The maximum absolute atomic E-state index is 12.0. The number of benzene rings is 1. The molecule has 0 saturated carbocycles. The molecule has 1 aromatic carbocycles. The second kappa shape index (κ2) is 7.13. The van der Waals surface area contributed by atoms with E-state index >= 15 is 0 Å². The highest BCUT2D eigenvalue weighted by molar-refractivity contribution is 8.00. The molecule has 110 valence electrons. The normalized spacial score (nSPS) is 11.9. The summed E-state index contributed by atoms with van der Waals surface area (Å²) in [5.74, 6) is -0.336. The second-order valence-electron chi connectivity index (χ2n) is 4.84. The standard InChI is InChI=1S/C16H18N2O2S/c1-11-8-9-14(16(20)18-11)15(19)17-10-12(2)21-13-6-4-3-5-7-13/h3-9,12H,10H2,1-2H3,(H,17,19)(H,18,20)/t12-/m0/s1. The minimum atomic E-state index is -0.351. The Morgan fingerprint density at radius 2 is 1.95 bits per heavy atom. The highest BCUT2D eigenvalue weighted by Crippen LogP contribution is 2.21. The molecule has 5 heteroatoms. The Balaban J connectivity index is 1.90. The van der Waals surface area contributed by atoms with Crippen molar-refractivity contribution in [1.82, 2.24) is 10.3 Å². The van der Waals surface area contributed by atoms with Crippen molar-refractivity contribution in [2.45, 2.75) is 24.0 Å². The average molecular weight is 302 g/mol. The summed E-state index contributed by atoms with van der Waals surface area (Å²) in [4.78, 5) is 27.5. The first kappa shape index (κ1) is 15.4. The van der Waals surface area contributed by atoms with Gasteiger partial charge in [0, 0.05) is 22.4 Å². The van der Waals surface area contributed by atoms with Gasteiger partial charge in [-0.15, -0.1) is 11.8 Å². The van der Waals surface area contributed by atoms with Gasteiger partial charge in [-0.1, -0.05) is 25.1 Å². The van der Waals surface area contributed by atoms with Crippen LogP contribution >= 0.6 is 11.8 Å². The van der Waals surface area contributed by atoms with Gasteiger partial charge in [-0.3, -0.25) is 9.59 Å². The molecule has 2 N–H and O–H groups in total. The number of amides is 1. The van der Waals surface area contributed by atoms with Crippen molar-refractivity contribution in [2.75, 3.05) is 6.54 Å². The summed E-state index contributed by atoms with van der Waals surface area (Å²) in [5.41, 5.74) is 0.540. The number of aromatic nitrogens is 1. The van der Waals surface area contributed by atoms with Crippen LogP contribution in [0.2, 0.25) is 0 Å². The van der Waals surface area contributed by atoms with E-state index in [2.05, 4.69) is 10.3 Å². The Hall–Kier alpha value is -2.01. The Bertz CT molecular complexity index is 667. The SMILES string of the molecule is Cc1ccc(C(=O)NC[C@H](C)Sc2ccccc2)c(=O)[nH]1. The average Bonchev–Trinajstić information content (AvgIpc) is 2.46. The lowest BCUT2D eigenvalue weighted by atomic mass is 10.2. The van der Waals surface area contributed by atoms with E-state index in [9.17, 15) is 9.59 Å². The summed E-state index contributed by atoms with van der Waals surface area (Å²) >= 11 is 1.69. The number of carbonyl (C=O) groups is 1. The number of rotatable bonds is 5. The molecule has 0 fully saturated rings. The molecule has 1 amide bonds. The number of H-pyrrole nitrogens is 1. The van der Waals surface area contributed by atoms with Crippen molar-refractivity contribution in [2.24, 2.45) is 0 Å². The molecular weight excluding hydrogens is 284 g/mol. The van der Waals surface area contributed by atoms with Gasteiger partial charge in [0.25, 0.3) is 11.5 Å². The van der Waals surface area contributed by atoms with Crippen molar-refractivity contribution in [3.8, 4) is 0 Å². The first-order valence-corrected chi connectivity index (χ1v) is 7.64. The molecular formula is C16H18N2O2S. The van der Waals surface area contributed by atoms with Crippen LogP contribution in [0.5, 0.6) is 0 Å². The molecule has 0 aliphatic carbocycles. The summed E-state index contributed by atoms with van der Waals surface area (Å²) in [6.45, 7) is 4.32. The molecule has 1 atom stereocenters. The van der Waals surface area contributed by atoms with E-state index in [4.69, 9.17) is 0 Å². The number of hydrogen-bond acceptors (Lipinski definition) is 3. The zero-order valence-corrected chi connectivity index (χ0v) is 12.9. The first-order valence-electron chi connectivity index (χ1n) is 6.76. The van der Waals surface area contributed by atoms with Crippen LogP contribution in [-0.2, 0) is 0 Å². The lowest BCUT2D eigenvalue weighted by Crippen LogP contribution is -2.33. The molecule has 1 heterocycles. The van der Waals surface area contributed by atoms with Crippen LogP contribution < -0.4 is 10.9 Å². The quantitative estimate of drug-likeness (QED) is 0.835. The highest BCUT2D eigenvalue weighted by Gasteiger charge is 2.12. The number of aromatic amines is 1. The minimum Gasteiger partial charge on any atom is -0.351 e. The second-order valence-corrected chi connectivity index (χ2v) is 6.35. The monoisotopic (exact) mass is 302 g/mol. The van der Waals surface area contributed by atoms with Gasteiger partial charge in [-0.25, -0.2) is 0 Å². The summed E-state index contributed by atoms with van der Waals surface area (Å²) < 4.78 is 0. The predicted octanol–water partition coefficient (Wildman–Crippen LogP) is 2.59. The summed E-state index contributed by atoms with van der Waals surface area (Å²) in [6.07, 6.45) is 0. The molecule has 2 aromatic rings. The molecule has 1 aromatic heterocycles. The molecule has 0 unspecified atom stereocenters. The maximum Gasteiger partial charge on any atom is 0.260 e. The largest absolute Gasteiger partial charge is 0.351 e. The van der Waals surface area contributed by atoms with E-state index in [0.717, 1.165) is 10.6 Å². The van der Waals surface area contributed by atoms with Crippen LogP contribution in [0.25, 0.3) is 0 Å². The van der Waals surface area contributed by atoms with E-state index in [1.54, 1.807) is 30.8 Å². The van der Waals surface area contributed by atoms with Crippen molar-refractivity contribution < 1.29 is 4.79 Å². The third-order valence-electron chi connectivity index (χ3n) is 2.93. The van der Waals surface area contributed by atoms with Gasteiger partial charge >= 0.3 is 0 Å². The summed E-state index contributed by atoms with van der Waals surface area (Å²) in [6, 6.07) is 13.3.